The molecule has 5 heteroatoms. The van der Waals surface area contributed by atoms with Gasteiger partial charge in [0.1, 0.15) is 13.2 Å². The average molecular weight is 360 g/mol. The summed E-state index contributed by atoms with van der Waals surface area (Å²) in [6, 6.07) is 3.56. The van der Waals surface area contributed by atoms with Gasteiger partial charge in [-0.05, 0) is 63.6 Å². The Kier molecular flexibility index (Phi) is 9.06. The van der Waals surface area contributed by atoms with E-state index in [0.717, 1.165) is 16.7 Å². The van der Waals surface area contributed by atoms with Crippen molar-refractivity contribution in [3.8, 4) is 17.2 Å². The standard InChI is InChI=1S/C21H28O5/c1-15(2)9-11-25-20(22)8-7-17-13-18(23-5)21(19(14-17)24-6)26-12-10-16(3)4/h7-10,13-14H,11-12H2,1-6H3. The van der Waals surface area contributed by atoms with E-state index in [2.05, 4.69) is 0 Å². The maximum atomic E-state index is 11.7. The number of esters is 1. The van der Waals surface area contributed by atoms with E-state index in [1.165, 1.54) is 6.08 Å². The SMILES string of the molecule is COc1cc(C=CC(=O)OCC=C(C)C)cc(OC)c1OCC=C(C)C. The lowest BCUT2D eigenvalue weighted by molar-refractivity contribution is -0.136. The molecule has 1 aromatic carbocycles. The van der Waals surface area contributed by atoms with E-state index < -0.39 is 5.97 Å². The Bertz CT molecular complexity index is 665. The monoisotopic (exact) mass is 360 g/mol. The molecule has 0 bridgehead atoms. The minimum absolute atomic E-state index is 0.259. The second-order valence-electron chi connectivity index (χ2n) is 6.09. The van der Waals surface area contributed by atoms with E-state index in [4.69, 9.17) is 18.9 Å². The molecule has 5 nitrogen and oxygen atoms in total. The number of hydrogen-bond acceptors (Lipinski definition) is 5. The summed E-state index contributed by atoms with van der Waals surface area (Å²) in [7, 11) is 3.12. The number of ether oxygens (including phenoxy) is 4. The summed E-state index contributed by atoms with van der Waals surface area (Å²) in [5, 5.41) is 0. The van der Waals surface area contributed by atoms with Gasteiger partial charge in [0.15, 0.2) is 11.5 Å². The van der Waals surface area contributed by atoms with Gasteiger partial charge < -0.3 is 18.9 Å². The largest absolute Gasteiger partial charge is 0.493 e. The molecule has 0 saturated carbocycles. The highest BCUT2D eigenvalue weighted by Gasteiger charge is 2.13. The van der Waals surface area contributed by atoms with Gasteiger partial charge in [-0.2, -0.15) is 0 Å². The third-order valence-corrected chi connectivity index (χ3v) is 3.33. The molecule has 1 aromatic rings. The normalized spacial score (nSPS) is 10.2. The molecule has 0 saturated heterocycles. The lowest BCUT2D eigenvalue weighted by atomic mass is 10.1. The van der Waals surface area contributed by atoms with Crippen LogP contribution in [0.5, 0.6) is 17.2 Å². The molecular formula is C21H28O5. The first kappa shape index (κ1) is 21.4. The minimum atomic E-state index is -0.413. The van der Waals surface area contributed by atoms with Gasteiger partial charge in [-0.3, -0.25) is 0 Å². The fraction of sp³-hybridized carbons (Fsp3) is 0.381. The van der Waals surface area contributed by atoms with E-state index in [-0.39, 0.29) is 6.61 Å². The molecule has 0 aromatic heterocycles. The highest BCUT2D eigenvalue weighted by molar-refractivity contribution is 5.87. The minimum Gasteiger partial charge on any atom is -0.493 e. The zero-order chi connectivity index (χ0) is 19.5. The van der Waals surface area contributed by atoms with E-state index in [1.54, 1.807) is 32.4 Å². The molecule has 1 rings (SSSR count). The molecule has 0 aliphatic heterocycles. The average Bonchev–Trinajstić information content (AvgIpc) is 2.59. The molecule has 0 N–H and O–H groups in total. The van der Waals surface area contributed by atoms with E-state index in [9.17, 15) is 4.79 Å². The molecule has 0 spiro atoms. The second-order valence-corrected chi connectivity index (χ2v) is 6.09. The zero-order valence-electron chi connectivity index (χ0n) is 16.4. The van der Waals surface area contributed by atoms with Crippen molar-refractivity contribution in [2.45, 2.75) is 27.7 Å². The Morgan fingerprint density at radius 2 is 1.46 bits per heavy atom. The van der Waals surface area contributed by atoms with Crippen molar-refractivity contribution >= 4 is 12.0 Å². The third kappa shape index (κ3) is 7.47. The number of rotatable bonds is 9. The molecule has 0 aliphatic carbocycles. The third-order valence-electron chi connectivity index (χ3n) is 3.33. The number of allylic oxidation sites excluding steroid dienone is 2. The summed E-state index contributed by atoms with van der Waals surface area (Å²) in [5.41, 5.74) is 3.00. The number of carbonyl (C=O) groups excluding carboxylic acids is 1. The summed E-state index contributed by atoms with van der Waals surface area (Å²) in [4.78, 5) is 11.7. The maximum Gasteiger partial charge on any atom is 0.331 e. The first-order valence-electron chi connectivity index (χ1n) is 8.37. The van der Waals surface area contributed by atoms with Crippen LogP contribution in [0, 0.1) is 0 Å². The molecule has 0 aliphatic rings. The van der Waals surface area contributed by atoms with E-state index in [1.807, 2.05) is 39.8 Å². The summed E-state index contributed by atoms with van der Waals surface area (Å²) in [6.07, 6.45) is 6.83. The van der Waals surface area contributed by atoms with Crippen LogP contribution in [0.15, 0.2) is 41.5 Å². The van der Waals surface area contributed by atoms with Crippen LogP contribution in [0.25, 0.3) is 6.08 Å². The van der Waals surface area contributed by atoms with Gasteiger partial charge in [0.05, 0.1) is 14.2 Å². The molecule has 26 heavy (non-hydrogen) atoms. The van der Waals surface area contributed by atoms with Gasteiger partial charge in [-0.1, -0.05) is 11.1 Å². The Labute approximate surface area is 155 Å². The topological polar surface area (TPSA) is 54.0 Å². The van der Waals surface area contributed by atoms with Crippen molar-refractivity contribution in [3.63, 3.8) is 0 Å². The number of methoxy groups -OCH3 is 2. The quantitative estimate of drug-likeness (QED) is 0.367. The van der Waals surface area contributed by atoms with Crippen LogP contribution in [-0.4, -0.2) is 33.4 Å². The van der Waals surface area contributed by atoms with Crippen molar-refractivity contribution in [1.82, 2.24) is 0 Å². The zero-order valence-corrected chi connectivity index (χ0v) is 16.4. The van der Waals surface area contributed by atoms with Gasteiger partial charge >= 0.3 is 5.97 Å². The Morgan fingerprint density at radius 3 is 1.96 bits per heavy atom. The van der Waals surface area contributed by atoms with E-state index in [0.29, 0.717) is 23.9 Å². The van der Waals surface area contributed by atoms with Crippen LogP contribution >= 0.6 is 0 Å². The molecule has 0 amide bonds. The first-order valence-corrected chi connectivity index (χ1v) is 8.37. The predicted octanol–water partition coefficient (Wildman–Crippen LogP) is 4.57. The van der Waals surface area contributed by atoms with Gasteiger partial charge in [0.25, 0.3) is 0 Å². The highest BCUT2D eigenvalue weighted by Crippen LogP contribution is 2.39. The van der Waals surface area contributed by atoms with Crippen LogP contribution < -0.4 is 14.2 Å². The molecule has 0 unspecified atom stereocenters. The molecule has 0 fully saturated rings. The van der Waals surface area contributed by atoms with Crippen molar-refractivity contribution in [1.29, 1.82) is 0 Å². The van der Waals surface area contributed by atoms with Crippen molar-refractivity contribution < 1.29 is 23.7 Å². The fourth-order valence-corrected chi connectivity index (χ4v) is 1.93. The highest BCUT2D eigenvalue weighted by atomic mass is 16.5. The molecule has 0 heterocycles. The van der Waals surface area contributed by atoms with Crippen LogP contribution in [0.4, 0.5) is 0 Å². The summed E-state index contributed by atoms with van der Waals surface area (Å²) in [5.74, 6) is 1.17. The lowest BCUT2D eigenvalue weighted by Gasteiger charge is -2.14. The van der Waals surface area contributed by atoms with Crippen molar-refractivity contribution in [2.24, 2.45) is 0 Å². The van der Waals surface area contributed by atoms with Crippen LogP contribution in [0.3, 0.4) is 0 Å². The summed E-state index contributed by atoms with van der Waals surface area (Å²) < 4.78 is 21.7. The molecule has 0 atom stereocenters. The predicted molar refractivity (Wildman–Crippen MR) is 104 cm³/mol. The lowest BCUT2D eigenvalue weighted by Crippen LogP contribution is -2.01. The van der Waals surface area contributed by atoms with Gasteiger partial charge in [-0.15, -0.1) is 0 Å². The van der Waals surface area contributed by atoms with Crippen molar-refractivity contribution in [3.05, 3.63) is 47.1 Å². The Morgan fingerprint density at radius 1 is 0.923 bits per heavy atom. The summed E-state index contributed by atoms with van der Waals surface area (Å²) >= 11 is 0. The van der Waals surface area contributed by atoms with E-state index >= 15 is 0 Å². The van der Waals surface area contributed by atoms with Crippen LogP contribution in [-0.2, 0) is 9.53 Å². The fourth-order valence-electron chi connectivity index (χ4n) is 1.93. The van der Waals surface area contributed by atoms with Gasteiger partial charge in [-0.25, -0.2) is 4.79 Å². The Balaban J connectivity index is 2.93. The van der Waals surface area contributed by atoms with Crippen LogP contribution in [0.1, 0.15) is 33.3 Å². The maximum absolute atomic E-state index is 11.7. The molecule has 142 valence electrons. The number of carbonyl (C=O) groups is 1. The smallest absolute Gasteiger partial charge is 0.331 e. The Hall–Kier alpha value is -2.69. The van der Waals surface area contributed by atoms with Gasteiger partial charge in [0.2, 0.25) is 5.75 Å². The van der Waals surface area contributed by atoms with Gasteiger partial charge in [0, 0.05) is 6.08 Å². The first-order chi connectivity index (χ1) is 12.4. The van der Waals surface area contributed by atoms with Crippen molar-refractivity contribution in [2.75, 3.05) is 27.4 Å². The second kappa shape index (κ2) is 11.0. The summed E-state index contributed by atoms with van der Waals surface area (Å²) in [6.45, 7) is 8.58. The molecule has 0 radical (unpaired) electrons. The number of benzene rings is 1. The molecular weight excluding hydrogens is 332 g/mol. The number of hydrogen-bond donors (Lipinski definition) is 0. The van der Waals surface area contributed by atoms with Crippen LogP contribution in [0.2, 0.25) is 0 Å².